The topological polar surface area (TPSA) is 96.0 Å². The van der Waals surface area contributed by atoms with E-state index < -0.39 is 28.5 Å². The number of nitrogens with zero attached hydrogens (tertiary/aromatic N) is 2. The highest BCUT2D eigenvalue weighted by molar-refractivity contribution is 7.92. The second kappa shape index (κ2) is 13.3. The maximum Gasteiger partial charge on any atom is 0.244 e. The molecule has 2 aromatic carbocycles. The van der Waals surface area contributed by atoms with Gasteiger partial charge in [0.25, 0.3) is 0 Å². The Kier molecular flexibility index (Phi) is 10.9. The highest BCUT2D eigenvalue weighted by atomic mass is 35.5. The van der Waals surface area contributed by atoms with Gasteiger partial charge < -0.3 is 15.0 Å². The van der Waals surface area contributed by atoms with E-state index in [1.165, 1.54) is 11.0 Å². The van der Waals surface area contributed by atoms with Crippen LogP contribution >= 0.6 is 11.6 Å². The van der Waals surface area contributed by atoms with Gasteiger partial charge in [-0.15, -0.1) is 0 Å². The van der Waals surface area contributed by atoms with Crippen LogP contribution in [-0.2, 0) is 26.2 Å². The number of halogens is 1. The summed E-state index contributed by atoms with van der Waals surface area (Å²) >= 11 is 6.07. The van der Waals surface area contributed by atoms with E-state index in [9.17, 15) is 18.0 Å². The zero-order valence-corrected chi connectivity index (χ0v) is 22.2. The van der Waals surface area contributed by atoms with E-state index in [1.54, 1.807) is 37.4 Å². The average molecular weight is 524 g/mol. The minimum Gasteiger partial charge on any atom is -0.497 e. The normalized spacial score (nSPS) is 12.0. The monoisotopic (exact) mass is 523 g/mol. The lowest BCUT2D eigenvalue weighted by Gasteiger charge is -2.33. The molecular formula is C25H34ClN3O5S. The Morgan fingerprint density at radius 3 is 2.34 bits per heavy atom. The number of benzene rings is 2. The van der Waals surface area contributed by atoms with Gasteiger partial charge in [0.2, 0.25) is 21.8 Å². The summed E-state index contributed by atoms with van der Waals surface area (Å²) < 4.78 is 31.4. The van der Waals surface area contributed by atoms with Crippen molar-refractivity contribution in [2.24, 2.45) is 0 Å². The fraction of sp³-hybridized carbons (Fsp3) is 0.440. The van der Waals surface area contributed by atoms with Gasteiger partial charge in [0.1, 0.15) is 18.3 Å². The molecule has 0 aliphatic rings. The molecule has 10 heteroatoms. The quantitative estimate of drug-likeness (QED) is 0.402. The van der Waals surface area contributed by atoms with E-state index in [-0.39, 0.29) is 18.1 Å². The molecule has 8 nitrogen and oxygen atoms in total. The first-order valence-corrected chi connectivity index (χ1v) is 13.8. The number of amides is 2. The molecule has 2 amide bonds. The molecule has 1 N–H and O–H groups in total. The molecule has 0 aliphatic heterocycles. The smallest absolute Gasteiger partial charge is 0.244 e. The molecule has 35 heavy (non-hydrogen) atoms. The lowest BCUT2D eigenvalue weighted by atomic mass is 10.1. The Morgan fingerprint density at radius 1 is 1.11 bits per heavy atom. The molecule has 0 saturated heterocycles. The van der Waals surface area contributed by atoms with Crippen LogP contribution in [0.1, 0.15) is 38.7 Å². The van der Waals surface area contributed by atoms with Crippen molar-refractivity contribution in [3.63, 3.8) is 0 Å². The number of hydrogen-bond acceptors (Lipinski definition) is 5. The molecule has 0 aromatic heterocycles. The van der Waals surface area contributed by atoms with Crippen LogP contribution in [0.15, 0.2) is 48.5 Å². The molecule has 0 heterocycles. The van der Waals surface area contributed by atoms with E-state index >= 15 is 0 Å². The van der Waals surface area contributed by atoms with Crippen molar-refractivity contribution < 1.29 is 22.7 Å². The van der Waals surface area contributed by atoms with Crippen molar-refractivity contribution in [3.05, 3.63) is 59.1 Å². The lowest BCUT2D eigenvalue weighted by Crippen LogP contribution is -2.52. The third kappa shape index (κ3) is 8.43. The molecule has 0 bridgehead atoms. The first-order valence-electron chi connectivity index (χ1n) is 11.5. The number of carbonyl (C=O) groups excluding carboxylic acids is 2. The van der Waals surface area contributed by atoms with Crippen molar-refractivity contribution in [1.82, 2.24) is 10.2 Å². The molecule has 0 fully saturated rings. The van der Waals surface area contributed by atoms with Gasteiger partial charge in [-0.25, -0.2) is 8.42 Å². The van der Waals surface area contributed by atoms with Crippen molar-refractivity contribution in [3.8, 4) is 5.75 Å². The molecule has 0 radical (unpaired) electrons. The third-order valence-corrected chi connectivity index (χ3v) is 6.88. The minimum atomic E-state index is -3.81. The molecule has 1 unspecified atom stereocenters. The van der Waals surface area contributed by atoms with E-state index in [0.717, 1.165) is 29.0 Å². The average Bonchev–Trinajstić information content (AvgIpc) is 2.82. The first-order chi connectivity index (χ1) is 16.6. The standard InChI is InChI=1S/C25H34ClN3O5S/c1-5-7-15-27-25(31)23(6-2)28(17-19-11-13-22(34-3)14-12-19)24(30)18-29(35(4,32)33)21-10-8-9-20(26)16-21/h8-14,16,23H,5-7,15,17-18H2,1-4H3,(H,27,31). The molecule has 0 saturated carbocycles. The molecule has 2 aromatic rings. The summed E-state index contributed by atoms with van der Waals surface area (Å²) in [5.41, 5.74) is 1.06. The number of anilines is 1. The summed E-state index contributed by atoms with van der Waals surface area (Å²) in [4.78, 5) is 28.0. The lowest BCUT2D eigenvalue weighted by molar-refractivity contribution is -0.140. The van der Waals surface area contributed by atoms with E-state index in [4.69, 9.17) is 16.3 Å². The number of methoxy groups -OCH3 is 1. The van der Waals surface area contributed by atoms with Crippen molar-refractivity contribution >= 4 is 39.1 Å². The predicted molar refractivity (Wildman–Crippen MR) is 139 cm³/mol. The van der Waals surface area contributed by atoms with Crippen LogP contribution in [0.3, 0.4) is 0 Å². The number of ether oxygens (including phenoxy) is 1. The van der Waals surface area contributed by atoms with Gasteiger partial charge >= 0.3 is 0 Å². The summed E-state index contributed by atoms with van der Waals surface area (Å²) in [7, 11) is -2.24. The SMILES string of the molecule is CCCCNC(=O)C(CC)N(Cc1ccc(OC)cc1)C(=O)CN(c1cccc(Cl)c1)S(C)(=O)=O. The van der Waals surface area contributed by atoms with Gasteiger partial charge in [0, 0.05) is 18.1 Å². The van der Waals surface area contributed by atoms with Gasteiger partial charge in [0.05, 0.1) is 19.1 Å². The Labute approximate surface area is 213 Å². The molecule has 192 valence electrons. The van der Waals surface area contributed by atoms with Crippen LogP contribution in [0.2, 0.25) is 5.02 Å². The number of nitrogens with one attached hydrogen (secondary N) is 1. The summed E-state index contributed by atoms with van der Waals surface area (Å²) in [6.45, 7) is 4.03. The van der Waals surface area contributed by atoms with Crippen LogP contribution in [0.4, 0.5) is 5.69 Å². The number of rotatable bonds is 13. The summed E-state index contributed by atoms with van der Waals surface area (Å²) in [6, 6.07) is 12.7. The van der Waals surface area contributed by atoms with Gasteiger partial charge in [-0.3, -0.25) is 13.9 Å². The molecule has 0 spiro atoms. The first kappa shape index (κ1) is 28.5. The van der Waals surface area contributed by atoms with E-state index in [2.05, 4.69) is 5.32 Å². The zero-order valence-electron chi connectivity index (χ0n) is 20.7. The van der Waals surface area contributed by atoms with Crippen LogP contribution < -0.4 is 14.4 Å². The van der Waals surface area contributed by atoms with Crippen LogP contribution in [0, 0.1) is 0 Å². The van der Waals surface area contributed by atoms with Crippen molar-refractivity contribution in [2.75, 3.05) is 30.8 Å². The molecular weight excluding hydrogens is 490 g/mol. The van der Waals surface area contributed by atoms with Crippen molar-refractivity contribution in [1.29, 1.82) is 0 Å². The fourth-order valence-electron chi connectivity index (χ4n) is 3.60. The van der Waals surface area contributed by atoms with Crippen LogP contribution in [0.5, 0.6) is 5.75 Å². The number of hydrogen-bond donors (Lipinski definition) is 1. The summed E-state index contributed by atoms with van der Waals surface area (Å²) in [5, 5.41) is 3.24. The highest BCUT2D eigenvalue weighted by Crippen LogP contribution is 2.23. The maximum absolute atomic E-state index is 13.6. The van der Waals surface area contributed by atoms with Gasteiger partial charge in [-0.05, 0) is 48.7 Å². The number of unbranched alkanes of at least 4 members (excludes halogenated alkanes) is 1. The van der Waals surface area contributed by atoms with Crippen molar-refractivity contribution in [2.45, 2.75) is 45.7 Å². The fourth-order valence-corrected chi connectivity index (χ4v) is 4.62. The van der Waals surface area contributed by atoms with Gasteiger partial charge in [0.15, 0.2) is 0 Å². The summed E-state index contributed by atoms with van der Waals surface area (Å²) in [6.07, 6.45) is 3.15. The Bertz CT molecular complexity index is 1090. The largest absolute Gasteiger partial charge is 0.497 e. The zero-order chi connectivity index (χ0) is 26.0. The predicted octanol–water partition coefficient (Wildman–Crippen LogP) is 3.84. The highest BCUT2D eigenvalue weighted by Gasteiger charge is 2.31. The van der Waals surface area contributed by atoms with E-state index in [1.807, 2.05) is 26.0 Å². The molecule has 2 rings (SSSR count). The Hall–Kier alpha value is -2.78. The second-order valence-electron chi connectivity index (χ2n) is 8.19. The Balaban J connectivity index is 2.39. The number of carbonyl (C=O) groups is 2. The van der Waals surface area contributed by atoms with Gasteiger partial charge in [-0.2, -0.15) is 0 Å². The van der Waals surface area contributed by atoms with Crippen LogP contribution in [0.25, 0.3) is 0 Å². The maximum atomic E-state index is 13.6. The second-order valence-corrected chi connectivity index (χ2v) is 10.5. The van der Waals surface area contributed by atoms with Gasteiger partial charge in [-0.1, -0.05) is 50.1 Å². The molecule has 0 aliphatic carbocycles. The number of sulfonamides is 1. The third-order valence-electron chi connectivity index (χ3n) is 5.50. The van der Waals surface area contributed by atoms with E-state index in [0.29, 0.717) is 23.7 Å². The molecule has 1 atom stereocenters. The Morgan fingerprint density at radius 2 is 1.80 bits per heavy atom. The minimum absolute atomic E-state index is 0.135. The summed E-state index contributed by atoms with van der Waals surface area (Å²) in [5.74, 6) is -0.0969. The van der Waals surface area contributed by atoms with Crippen LogP contribution in [-0.4, -0.2) is 57.6 Å².